The van der Waals surface area contributed by atoms with E-state index in [0.29, 0.717) is 6.42 Å². The number of esters is 1. The van der Waals surface area contributed by atoms with E-state index in [-0.39, 0.29) is 22.1 Å². The predicted molar refractivity (Wildman–Crippen MR) is 91.2 cm³/mol. The molecule has 9 heteroatoms. The monoisotopic (exact) mass is 389 g/mol. The minimum atomic E-state index is -3.11. The van der Waals surface area contributed by atoms with E-state index in [9.17, 15) is 22.4 Å². The maximum absolute atomic E-state index is 13.6. The van der Waals surface area contributed by atoms with E-state index < -0.39 is 40.2 Å². The molecule has 1 aromatic carbocycles. The molecule has 0 aromatic heterocycles. The van der Waals surface area contributed by atoms with Crippen LogP contribution in [0.25, 0.3) is 6.08 Å². The van der Waals surface area contributed by atoms with E-state index in [0.717, 1.165) is 12.2 Å². The maximum atomic E-state index is 13.6. The standard InChI is InChI=1S/C16H17ClFNO5S/c1-19(11-7-8-25(22,23)10-11)15(20)9-24-16(21)6-5-12-13(17)3-2-4-14(12)18/h2-6,11H,7-10H2,1H3/b6-5+/t11-/m0/s1. The second kappa shape index (κ2) is 7.97. The van der Waals surface area contributed by atoms with Crippen molar-refractivity contribution in [2.45, 2.75) is 12.5 Å². The molecule has 6 nitrogen and oxygen atoms in total. The van der Waals surface area contributed by atoms with Crippen molar-refractivity contribution >= 4 is 39.4 Å². The van der Waals surface area contributed by atoms with Crippen LogP contribution in [-0.2, 0) is 24.2 Å². The summed E-state index contributed by atoms with van der Waals surface area (Å²) in [5, 5.41) is 0.141. The molecule has 0 spiro atoms. The van der Waals surface area contributed by atoms with Gasteiger partial charge in [0.25, 0.3) is 5.91 Å². The number of hydrogen-bond acceptors (Lipinski definition) is 5. The zero-order valence-electron chi connectivity index (χ0n) is 13.4. The summed E-state index contributed by atoms with van der Waals surface area (Å²) in [6.45, 7) is -0.527. The molecule has 1 saturated heterocycles. The Morgan fingerprint density at radius 3 is 2.76 bits per heavy atom. The molecule has 0 unspecified atom stereocenters. The topological polar surface area (TPSA) is 80.8 Å². The zero-order valence-corrected chi connectivity index (χ0v) is 15.0. The third-order valence-corrected chi connectivity index (χ3v) is 5.95. The molecule has 0 radical (unpaired) electrons. The number of likely N-dealkylation sites (N-methyl/N-ethyl adjacent to an activating group) is 1. The summed E-state index contributed by atoms with van der Waals surface area (Å²) in [6, 6.07) is 3.70. The fourth-order valence-corrected chi connectivity index (χ4v) is 4.39. The molecule has 0 aliphatic carbocycles. The first kappa shape index (κ1) is 19.4. The van der Waals surface area contributed by atoms with Crippen LogP contribution in [0.5, 0.6) is 0 Å². The Balaban J connectivity index is 1.87. The molecule has 25 heavy (non-hydrogen) atoms. The highest BCUT2D eigenvalue weighted by Crippen LogP contribution is 2.20. The van der Waals surface area contributed by atoms with Gasteiger partial charge in [-0.05, 0) is 24.6 Å². The fourth-order valence-electron chi connectivity index (χ4n) is 2.39. The highest BCUT2D eigenvalue weighted by molar-refractivity contribution is 7.91. The zero-order chi connectivity index (χ0) is 18.6. The van der Waals surface area contributed by atoms with E-state index in [1.54, 1.807) is 0 Å². The first-order chi connectivity index (χ1) is 11.7. The lowest BCUT2D eigenvalue weighted by Gasteiger charge is -2.22. The average Bonchev–Trinajstić information content (AvgIpc) is 2.91. The van der Waals surface area contributed by atoms with Crippen LogP contribution in [0.4, 0.5) is 4.39 Å². The van der Waals surface area contributed by atoms with Gasteiger partial charge in [-0.2, -0.15) is 0 Å². The number of benzene rings is 1. The van der Waals surface area contributed by atoms with Crippen molar-refractivity contribution in [3.05, 3.63) is 40.7 Å². The number of nitrogens with zero attached hydrogens (tertiary/aromatic N) is 1. The summed E-state index contributed by atoms with van der Waals surface area (Å²) in [4.78, 5) is 24.9. The normalized spacial score (nSPS) is 19.1. The molecule has 1 heterocycles. The minimum Gasteiger partial charge on any atom is -0.452 e. The molecule has 0 N–H and O–H groups in total. The van der Waals surface area contributed by atoms with Crippen LogP contribution < -0.4 is 0 Å². The number of ether oxygens (including phenoxy) is 1. The predicted octanol–water partition coefficient (Wildman–Crippen LogP) is 1.68. The fraction of sp³-hybridized carbons (Fsp3) is 0.375. The van der Waals surface area contributed by atoms with Gasteiger partial charge in [0.1, 0.15) is 5.82 Å². The van der Waals surface area contributed by atoms with Gasteiger partial charge < -0.3 is 9.64 Å². The van der Waals surface area contributed by atoms with Crippen molar-refractivity contribution in [3.63, 3.8) is 0 Å². The minimum absolute atomic E-state index is 0.0423. The van der Waals surface area contributed by atoms with Gasteiger partial charge in [0, 0.05) is 24.7 Å². The number of sulfone groups is 1. The number of rotatable bonds is 5. The lowest BCUT2D eigenvalue weighted by Crippen LogP contribution is -2.40. The summed E-state index contributed by atoms with van der Waals surface area (Å²) >= 11 is 5.82. The third-order valence-electron chi connectivity index (χ3n) is 3.87. The van der Waals surface area contributed by atoms with Gasteiger partial charge in [-0.25, -0.2) is 17.6 Å². The molecular weight excluding hydrogens is 373 g/mol. The molecule has 1 aliphatic heterocycles. The third kappa shape index (κ3) is 5.27. The Bertz CT molecular complexity index is 788. The SMILES string of the molecule is CN(C(=O)COC(=O)/C=C/c1c(F)cccc1Cl)[C@H]1CCS(=O)(=O)C1. The first-order valence-electron chi connectivity index (χ1n) is 7.44. The first-order valence-corrected chi connectivity index (χ1v) is 9.64. The Morgan fingerprint density at radius 1 is 1.44 bits per heavy atom. The molecule has 1 aromatic rings. The molecule has 0 bridgehead atoms. The van der Waals surface area contributed by atoms with E-state index in [1.807, 2.05) is 0 Å². The van der Waals surface area contributed by atoms with Crippen LogP contribution >= 0.6 is 11.6 Å². The van der Waals surface area contributed by atoms with Crippen LogP contribution in [0.15, 0.2) is 24.3 Å². The van der Waals surface area contributed by atoms with Crippen molar-refractivity contribution in [1.29, 1.82) is 0 Å². The van der Waals surface area contributed by atoms with Crippen LogP contribution in [0.1, 0.15) is 12.0 Å². The molecular formula is C16H17ClFNO5S. The highest BCUT2D eigenvalue weighted by atomic mass is 35.5. The van der Waals surface area contributed by atoms with E-state index in [2.05, 4.69) is 0 Å². The molecule has 136 valence electrons. The average molecular weight is 390 g/mol. The lowest BCUT2D eigenvalue weighted by molar-refractivity contribution is -0.148. The van der Waals surface area contributed by atoms with Crippen LogP contribution in [-0.4, -0.2) is 56.4 Å². The lowest BCUT2D eigenvalue weighted by atomic mass is 10.2. The number of hydrogen-bond donors (Lipinski definition) is 0. The van der Waals surface area contributed by atoms with E-state index in [1.165, 1.54) is 30.1 Å². The molecule has 2 rings (SSSR count). The number of amides is 1. The van der Waals surface area contributed by atoms with Crippen LogP contribution in [0, 0.1) is 5.82 Å². The van der Waals surface area contributed by atoms with Gasteiger partial charge in [0.15, 0.2) is 16.4 Å². The Morgan fingerprint density at radius 2 is 2.16 bits per heavy atom. The Labute approximate surface area is 150 Å². The van der Waals surface area contributed by atoms with Crippen LogP contribution in [0.3, 0.4) is 0 Å². The molecule has 1 fully saturated rings. The van der Waals surface area contributed by atoms with Crippen molar-refractivity contribution in [2.75, 3.05) is 25.2 Å². The summed E-state index contributed by atoms with van der Waals surface area (Å²) < 4.78 is 41.2. The Kier molecular flexibility index (Phi) is 6.18. The molecule has 1 atom stereocenters. The smallest absolute Gasteiger partial charge is 0.331 e. The van der Waals surface area contributed by atoms with Crippen molar-refractivity contribution in [3.8, 4) is 0 Å². The molecule has 1 amide bonds. The largest absolute Gasteiger partial charge is 0.452 e. The van der Waals surface area contributed by atoms with Crippen molar-refractivity contribution in [1.82, 2.24) is 4.90 Å². The van der Waals surface area contributed by atoms with Crippen molar-refractivity contribution < 1.29 is 27.1 Å². The van der Waals surface area contributed by atoms with Crippen LogP contribution in [0.2, 0.25) is 5.02 Å². The van der Waals surface area contributed by atoms with E-state index >= 15 is 0 Å². The number of halogens is 2. The number of carbonyl (C=O) groups is 2. The van der Waals surface area contributed by atoms with Gasteiger partial charge in [-0.3, -0.25) is 4.79 Å². The Hall–Kier alpha value is -1.93. The summed E-state index contributed by atoms with van der Waals surface area (Å²) in [6.07, 6.45) is 2.50. The van der Waals surface area contributed by atoms with Gasteiger partial charge in [-0.1, -0.05) is 17.7 Å². The summed E-state index contributed by atoms with van der Waals surface area (Å²) in [7, 11) is -1.64. The molecule has 1 aliphatic rings. The number of carbonyl (C=O) groups excluding carboxylic acids is 2. The quantitative estimate of drug-likeness (QED) is 0.565. The highest BCUT2D eigenvalue weighted by Gasteiger charge is 2.32. The van der Waals surface area contributed by atoms with Gasteiger partial charge >= 0.3 is 5.97 Å². The molecule has 0 saturated carbocycles. The maximum Gasteiger partial charge on any atom is 0.331 e. The summed E-state index contributed by atoms with van der Waals surface area (Å²) in [5.74, 6) is -1.97. The van der Waals surface area contributed by atoms with Gasteiger partial charge in [0.2, 0.25) is 0 Å². The summed E-state index contributed by atoms with van der Waals surface area (Å²) in [5.41, 5.74) is 0.0423. The van der Waals surface area contributed by atoms with Crippen molar-refractivity contribution in [2.24, 2.45) is 0 Å². The van der Waals surface area contributed by atoms with Gasteiger partial charge in [-0.15, -0.1) is 0 Å². The van der Waals surface area contributed by atoms with E-state index in [4.69, 9.17) is 16.3 Å². The van der Waals surface area contributed by atoms with Gasteiger partial charge in [0.05, 0.1) is 16.5 Å². The second-order valence-electron chi connectivity index (χ2n) is 5.64. The second-order valence-corrected chi connectivity index (χ2v) is 8.27.